The summed E-state index contributed by atoms with van der Waals surface area (Å²) in [7, 11) is 0. The van der Waals surface area contributed by atoms with E-state index in [0.29, 0.717) is 13.0 Å². The molecule has 0 unspecified atom stereocenters. The quantitative estimate of drug-likeness (QED) is 0.454. The molecule has 2 amide bonds. The van der Waals surface area contributed by atoms with E-state index in [-0.39, 0.29) is 17.3 Å². The first kappa shape index (κ1) is 18.7. The zero-order chi connectivity index (χ0) is 19.4. The Balaban J connectivity index is 1.98. The number of hydrogen-bond acceptors (Lipinski definition) is 3. The molecule has 27 heavy (non-hydrogen) atoms. The van der Waals surface area contributed by atoms with Crippen molar-refractivity contribution in [1.82, 2.24) is 0 Å². The molecule has 0 saturated heterocycles. The second-order valence-corrected chi connectivity index (χ2v) is 9.25. The van der Waals surface area contributed by atoms with Crippen LogP contribution in [0.2, 0.25) is 0 Å². The van der Waals surface area contributed by atoms with Gasteiger partial charge in [-0.25, -0.2) is 0 Å². The molecule has 2 fully saturated rings. The molecule has 5 nitrogen and oxygen atoms in total. The number of rotatable bonds is 7. The highest BCUT2D eigenvalue weighted by molar-refractivity contribution is 9.10. The fraction of sp³-hybridized carbons (Fsp3) is 0.524. The number of halogens is 1. The van der Waals surface area contributed by atoms with Crippen LogP contribution >= 0.6 is 15.9 Å². The average Bonchev–Trinajstić information content (AvgIpc) is 3.29. The van der Waals surface area contributed by atoms with Gasteiger partial charge in [0.05, 0.1) is 10.8 Å². The molecule has 0 aliphatic heterocycles. The summed E-state index contributed by atoms with van der Waals surface area (Å²) in [5.41, 5.74) is 16.6. The maximum Gasteiger partial charge on any atom is 0.229 e. The van der Waals surface area contributed by atoms with Crippen molar-refractivity contribution in [2.75, 3.05) is 6.54 Å². The van der Waals surface area contributed by atoms with Gasteiger partial charge in [0, 0.05) is 10.4 Å². The van der Waals surface area contributed by atoms with Crippen molar-refractivity contribution in [3.05, 3.63) is 46.5 Å². The Kier molecular flexibility index (Phi) is 4.27. The van der Waals surface area contributed by atoms with Gasteiger partial charge in [0.15, 0.2) is 0 Å². The van der Waals surface area contributed by atoms with E-state index in [2.05, 4.69) is 28.1 Å². The summed E-state index contributed by atoms with van der Waals surface area (Å²) in [4.78, 5) is 26.3. The van der Waals surface area contributed by atoms with Crippen molar-refractivity contribution < 1.29 is 9.59 Å². The van der Waals surface area contributed by atoms with E-state index in [0.717, 1.165) is 35.7 Å². The third-order valence-corrected chi connectivity index (χ3v) is 7.95. The van der Waals surface area contributed by atoms with Crippen molar-refractivity contribution in [2.45, 2.75) is 37.5 Å². The fourth-order valence-corrected chi connectivity index (χ4v) is 6.62. The highest BCUT2D eigenvalue weighted by atomic mass is 79.9. The second kappa shape index (κ2) is 6.17. The van der Waals surface area contributed by atoms with Gasteiger partial charge in [-0.3, -0.25) is 9.59 Å². The standard InChI is InChI=1S/C21H26BrN3O2/c22-14-5-3-13(4-6-14)21(18(25)27)16-8-7-15(19(16)10-11-19)20(21,17(24)26)9-1-2-12-23/h3-8,15-16H,1-2,9-12,23H2,(H2,24,26)(H2,25,27)/t15-,16+,20-,21+/m0/s1. The Bertz CT molecular complexity index is 817. The van der Waals surface area contributed by atoms with Gasteiger partial charge >= 0.3 is 0 Å². The monoisotopic (exact) mass is 431 g/mol. The number of hydrogen-bond donors (Lipinski definition) is 3. The number of benzene rings is 1. The number of amides is 2. The Morgan fingerprint density at radius 2 is 1.63 bits per heavy atom. The zero-order valence-corrected chi connectivity index (χ0v) is 16.9. The van der Waals surface area contributed by atoms with Crippen LogP contribution in [0.4, 0.5) is 0 Å². The van der Waals surface area contributed by atoms with Crippen LogP contribution in [-0.4, -0.2) is 18.4 Å². The van der Waals surface area contributed by atoms with Crippen molar-refractivity contribution in [1.29, 1.82) is 0 Å². The van der Waals surface area contributed by atoms with Crippen LogP contribution < -0.4 is 17.2 Å². The smallest absolute Gasteiger partial charge is 0.229 e. The fourth-order valence-electron chi connectivity index (χ4n) is 6.36. The topological polar surface area (TPSA) is 112 Å². The first-order valence-electron chi connectivity index (χ1n) is 9.62. The molecular weight excluding hydrogens is 406 g/mol. The van der Waals surface area contributed by atoms with E-state index in [1.54, 1.807) is 0 Å². The lowest BCUT2D eigenvalue weighted by atomic mass is 9.52. The van der Waals surface area contributed by atoms with Crippen LogP contribution in [0.1, 0.15) is 37.7 Å². The van der Waals surface area contributed by atoms with Crippen molar-refractivity contribution in [2.24, 2.45) is 39.9 Å². The summed E-state index contributed by atoms with van der Waals surface area (Å²) in [5, 5.41) is 0. The Labute approximate surface area is 167 Å². The summed E-state index contributed by atoms with van der Waals surface area (Å²) in [6.45, 7) is 0.547. The lowest BCUT2D eigenvalue weighted by molar-refractivity contribution is -0.143. The van der Waals surface area contributed by atoms with Crippen LogP contribution in [-0.2, 0) is 15.0 Å². The van der Waals surface area contributed by atoms with Crippen LogP contribution in [0.15, 0.2) is 40.9 Å². The minimum absolute atomic E-state index is 0.0404. The normalized spacial score (nSPS) is 34.9. The number of nitrogens with two attached hydrogens (primary N) is 3. The molecule has 1 spiro atoms. The largest absolute Gasteiger partial charge is 0.369 e. The maximum absolute atomic E-state index is 13.2. The molecule has 6 N–H and O–H groups in total. The molecule has 4 rings (SSSR count). The zero-order valence-electron chi connectivity index (χ0n) is 15.3. The number of carbonyl (C=O) groups is 2. The highest BCUT2D eigenvalue weighted by Gasteiger charge is 2.82. The second-order valence-electron chi connectivity index (χ2n) is 8.33. The van der Waals surface area contributed by atoms with E-state index in [4.69, 9.17) is 17.2 Å². The van der Waals surface area contributed by atoms with E-state index in [1.807, 2.05) is 24.3 Å². The lowest BCUT2D eigenvalue weighted by Gasteiger charge is -2.48. The molecule has 2 bridgehead atoms. The minimum Gasteiger partial charge on any atom is -0.369 e. The molecule has 6 heteroatoms. The van der Waals surface area contributed by atoms with Gasteiger partial charge in [0.2, 0.25) is 11.8 Å². The first-order valence-corrected chi connectivity index (χ1v) is 10.4. The average molecular weight is 432 g/mol. The molecule has 2 saturated carbocycles. The Morgan fingerprint density at radius 1 is 1.00 bits per heavy atom. The summed E-state index contributed by atoms with van der Waals surface area (Å²) in [6, 6.07) is 7.64. The van der Waals surface area contributed by atoms with Crippen LogP contribution in [0.25, 0.3) is 0 Å². The number of primary amides is 2. The van der Waals surface area contributed by atoms with Crippen LogP contribution in [0, 0.1) is 22.7 Å². The predicted octanol–water partition coefficient (Wildman–Crippen LogP) is 2.37. The Morgan fingerprint density at radius 3 is 2.15 bits per heavy atom. The van der Waals surface area contributed by atoms with Crippen LogP contribution in [0.3, 0.4) is 0 Å². The van der Waals surface area contributed by atoms with Crippen LogP contribution in [0.5, 0.6) is 0 Å². The number of carbonyl (C=O) groups excluding carboxylic acids is 2. The molecule has 144 valence electrons. The molecule has 1 aromatic carbocycles. The van der Waals surface area contributed by atoms with Gasteiger partial charge in [0.25, 0.3) is 0 Å². The number of allylic oxidation sites excluding steroid dienone is 2. The number of unbranched alkanes of at least 4 members (excludes halogenated alkanes) is 1. The van der Waals surface area contributed by atoms with E-state index < -0.39 is 22.6 Å². The molecule has 0 heterocycles. The van der Waals surface area contributed by atoms with E-state index >= 15 is 0 Å². The van der Waals surface area contributed by atoms with Gasteiger partial charge in [-0.05, 0) is 61.3 Å². The summed E-state index contributed by atoms with van der Waals surface area (Å²) in [6.07, 6.45) is 8.33. The Hall–Kier alpha value is -1.66. The summed E-state index contributed by atoms with van der Waals surface area (Å²) < 4.78 is 0.915. The lowest BCUT2D eigenvalue weighted by Crippen LogP contribution is -2.62. The van der Waals surface area contributed by atoms with Crippen molar-refractivity contribution in [3.63, 3.8) is 0 Å². The molecule has 0 aromatic heterocycles. The highest BCUT2D eigenvalue weighted by Crippen LogP contribution is 2.80. The minimum atomic E-state index is -1.11. The first-order chi connectivity index (χ1) is 12.9. The van der Waals surface area contributed by atoms with Gasteiger partial charge in [-0.2, -0.15) is 0 Å². The SMILES string of the molecule is NCCCC[C@@]1(C(N)=O)[C@H]2C=C[C@H](C23CC3)[C@@]1(C(N)=O)c1ccc(Br)cc1. The van der Waals surface area contributed by atoms with Gasteiger partial charge in [-0.1, -0.05) is 46.6 Å². The van der Waals surface area contributed by atoms with Gasteiger partial charge < -0.3 is 17.2 Å². The van der Waals surface area contributed by atoms with Crippen molar-refractivity contribution >= 4 is 27.7 Å². The molecule has 3 aliphatic rings. The van der Waals surface area contributed by atoms with Gasteiger partial charge in [-0.15, -0.1) is 0 Å². The van der Waals surface area contributed by atoms with E-state index in [9.17, 15) is 9.59 Å². The predicted molar refractivity (Wildman–Crippen MR) is 107 cm³/mol. The van der Waals surface area contributed by atoms with E-state index in [1.165, 1.54) is 0 Å². The molecule has 3 aliphatic carbocycles. The molecule has 4 atom stereocenters. The third kappa shape index (κ3) is 2.14. The molecular formula is C21H26BrN3O2. The maximum atomic E-state index is 13.2. The van der Waals surface area contributed by atoms with Crippen molar-refractivity contribution in [3.8, 4) is 0 Å². The summed E-state index contributed by atoms with van der Waals surface area (Å²) >= 11 is 3.46. The molecule has 0 radical (unpaired) electrons. The van der Waals surface area contributed by atoms with Gasteiger partial charge in [0.1, 0.15) is 0 Å². The molecule has 1 aromatic rings. The third-order valence-electron chi connectivity index (χ3n) is 7.42. The summed E-state index contributed by atoms with van der Waals surface area (Å²) in [5.74, 6) is -0.982.